The smallest absolute Gasteiger partial charge is 0.282 e. The van der Waals surface area contributed by atoms with Crippen LogP contribution in [-0.2, 0) is 9.53 Å². The molecule has 0 radical (unpaired) electrons. The number of amides is 1. The molecule has 1 amide bonds. The van der Waals surface area contributed by atoms with E-state index >= 15 is 0 Å². The van der Waals surface area contributed by atoms with Crippen molar-refractivity contribution in [2.75, 3.05) is 36.5 Å². The molecule has 0 bridgehead atoms. The largest absolute Gasteiger partial charge is 0.378 e. The molecule has 5 heteroatoms. The summed E-state index contributed by atoms with van der Waals surface area (Å²) in [6.45, 7) is 5.45. The van der Waals surface area contributed by atoms with Gasteiger partial charge in [0.15, 0.2) is 6.04 Å². The lowest BCUT2D eigenvalue weighted by molar-refractivity contribution is -0.707. The number of carbonyl (C=O) groups excluding carboxylic acids is 1. The van der Waals surface area contributed by atoms with E-state index in [2.05, 4.69) is 27.7 Å². The molecule has 144 valence electrons. The van der Waals surface area contributed by atoms with Gasteiger partial charge in [-0.05, 0) is 56.9 Å². The Morgan fingerprint density at radius 2 is 1.69 bits per heavy atom. The Balaban J connectivity index is 1.48. The second kappa shape index (κ2) is 9.93. The fourth-order valence-electron chi connectivity index (χ4n) is 4.01. The van der Waals surface area contributed by atoms with Gasteiger partial charge in [-0.25, -0.2) is 0 Å². The van der Waals surface area contributed by atoms with Crippen LogP contribution in [0.3, 0.4) is 0 Å². The predicted molar refractivity (Wildman–Crippen MR) is 106 cm³/mol. The fraction of sp³-hybridized carbons (Fsp3) is 0.667. The maximum atomic E-state index is 12.6. The summed E-state index contributed by atoms with van der Waals surface area (Å²) >= 11 is 0. The number of ether oxygens (including phenoxy) is 1. The van der Waals surface area contributed by atoms with Crippen molar-refractivity contribution in [1.82, 2.24) is 0 Å². The second-order valence-corrected chi connectivity index (χ2v) is 7.72. The minimum Gasteiger partial charge on any atom is -0.378 e. The van der Waals surface area contributed by atoms with Crippen molar-refractivity contribution in [1.29, 1.82) is 0 Å². The summed E-state index contributed by atoms with van der Waals surface area (Å²) in [4.78, 5) is 14.9. The number of anilines is 2. The summed E-state index contributed by atoms with van der Waals surface area (Å²) in [7, 11) is 0. The SMILES string of the molecule is C[C@@H]([NH2+]C1CCCCCCC1)C(=O)Nc1ccc(N2CCOCC2)cc1. The number of nitrogens with two attached hydrogens (primary N) is 1. The highest BCUT2D eigenvalue weighted by Gasteiger charge is 2.22. The molecule has 1 saturated carbocycles. The molecule has 1 aromatic rings. The summed E-state index contributed by atoms with van der Waals surface area (Å²) < 4.78 is 5.40. The van der Waals surface area contributed by atoms with Crippen molar-refractivity contribution < 1.29 is 14.8 Å². The van der Waals surface area contributed by atoms with Gasteiger partial charge in [0.25, 0.3) is 5.91 Å². The van der Waals surface area contributed by atoms with E-state index in [1.54, 1.807) is 0 Å². The molecule has 0 aromatic heterocycles. The van der Waals surface area contributed by atoms with Crippen LogP contribution in [0.2, 0.25) is 0 Å². The number of benzene rings is 1. The zero-order valence-electron chi connectivity index (χ0n) is 16.1. The third-order valence-corrected chi connectivity index (χ3v) is 5.64. The first-order valence-corrected chi connectivity index (χ1v) is 10.3. The number of nitrogens with one attached hydrogen (secondary N) is 1. The maximum Gasteiger partial charge on any atom is 0.282 e. The highest BCUT2D eigenvalue weighted by atomic mass is 16.5. The van der Waals surface area contributed by atoms with E-state index in [0.29, 0.717) is 6.04 Å². The Hall–Kier alpha value is -1.59. The molecule has 3 N–H and O–H groups in total. The van der Waals surface area contributed by atoms with E-state index in [9.17, 15) is 4.79 Å². The summed E-state index contributed by atoms with van der Waals surface area (Å²) in [5.74, 6) is 0.103. The van der Waals surface area contributed by atoms with Crippen LogP contribution in [-0.4, -0.2) is 44.3 Å². The number of hydrogen-bond acceptors (Lipinski definition) is 3. The minimum atomic E-state index is -0.0432. The topological polar surface area (TPSA) is 58.2 Å². The van der Waals surface area contributed by atoms with Gasteiger partial charge in [0.1, 0.15) is 0 Å². The number of carbonyl (C=O) groups is 1. The molecule has 1 aromatic carbocycles. The van der Waals surface area contributed by atoms with Crippen LogP contribution in [0.4, 0.5) is 11.4 Å². The molecule has 1 aliphatic heterocycles. The first kappa shape index (κ1) is 19.2. The first-order chi connectivity index (χ1) is 12.7. The molecule has 0 spiro atoms. The van der Waals surface area contributed by atoms with E-state index in [0.717, 1.165) is 32.0 Å². The number of rotatable bonds is 5. The van der Waals surface area contributed by atoms with Crippen molar-refractivity contribution in [3.63, 3.8) is 0 Å². The maximum absolute atomic E-state index is 12.6. The van der Waals surface area contributed by atoms with E-state index in [1.165, 1.54) is 50.6 Å². The van der Waals surface area contributed by atoms with Crippen molar-refractivity contribution in [3.8, 4) is 0 Å². The lowest BCUT2D eigenvalue weighted by atomic mass is 9.96. The van der Waals surface area contributed by atoms with Crippen molar-refractivity contribution >= 4 is 17.3 Å². The molecular formula is C21H34N3O2+. The Bertz CT molecular complexity index is 547. The molecule has 5 nitrogen and oxygen atoms in total. The molecule has 0 unspecified atom stereocenters. The average Bonchev–Trinajstić information content (AvgIpc) is 2.65. The van der Waals surface area contributed by atoms with Crippen molar-refractivity contribution in [3.05, 3.63) is 24.3 Å². The number of morpholine rings is 1. The first-order valence-electron chi connectivity index (χ1n) is 10.3. The summed E-state index contributed by atoms with van der Waals surface area (Å²) in [6, 6.07) is 8.74. The zero-order valence-corrected chi connectivity index (χ0v) is 16.1. The standard InChI is InChI=1S/C21H33N3O2/c1-17(22-18-7-5-3-2-4-6-8-18)21(25)23-19-9-11-20(12-10-19)24-13-15-26-16-14-24/h9-12,17-18,22H,2-8,13-16H2,1H3,(H,23,25)/p+1/t17-/m1/s1. The van der Waals surface area contributed by atoms with Crippen LogP contribution in [0, 0.1) is 0 Å². The zero-order chi connectivity index (χ0) is 18.2. The van der Waals surface area contributed by atoms with Gasteiger partial charge in [-0.1, -0.05) is 19.3 Å². The Labute approximate surface area is 157 Å². The van der Waals surface area contributed by atoms with Crippen molar-refractivity contribution in [2.45, 2.75) is 64.0 Å². The van der Waals surface area contributed by atoms with Gasteiger partial charge in [-0.2, -0.15) is 0 Å². The molecule has 1 heterocycles. The Morgan fingerprint density at radius 3 is 2.35 bits per heavy atom. The lowest BCUT2D eigenvalue weighted by Crippen LogP contribution is -2.96. The normalized spacial score (nSPS) is 20.9. The van der Waals surface area contributed by atoms with Gasteiger partial charge in [0, 0.05) is 24.5 Å². The summed E-state index contributed by atoms with van der Waals surface area (Å²) in [5.41, 5.74) is 2.07. The molecule has 2 fully saturated rings. The minimum absolute atomic E-state index is 0.0432. The third-order valence-electron chi connectivity index (χ3n) is 5.64. The van der Waals surface area contributed by atoms with E-state index in [-0.39, 0.29) is 11.9 Å². The van der Waals surface area contributed by atoms with Gasteiger partial charge in [-0.15, -0.1) is 0 Å². The molecule has 3 rings (SSSR count). The molecule has 26 heavy (non-hydrogen) atoms. The Morgan fingerprint density at radius 1 is 1.08 bits per heavy atom. The fourth-order valence-corrected chi connectivity index (χ4v) is 4.01. The molecule has 1 saturated heterocycles. The third kappa shape index (κ3) is 5.71. The number of quaternary nitrogens is 1. The highest BCUT2D eigenvalue weighted by Crippen LogP contribution is 2.19. The quantitative estimate of drug-likeness (QED) is 0.848. The monoisotopic (exact) mass is 360 g/mol. The van der Waals surface area contributed by atoms with Crippen LogP contribution in [0.1, 0.15) is 51.9 Å². The lowest BCUT2D eigenvalue weighted by Gasteiger charge is -2.29. The summed E-state index contributed by atoms with van der Waals surface area (Å²) in [6.07, 6.45) is 9.17. The van der Waals surface area contributed by atoms with Crippen LogP contribution < -0.4 is 15.5 Å². The van der Waals surface area contributed by atoms with Gasteiger partial charge >= 0.3 is 0 Å². The van der Waals surface area contributed by atoms with Crippen LogP contribution in [0.15, 0.2) is 24.3 Å². The van der Waals surface area contributed by atoms with Crippen LogP contribution >= 0.6 is 0 Å². The average molecular weight is 361 g/mol. The highest BCUT2D eigenvalue weighted by molar-refractivity contribution is 5.93. The predicted octanol–water partition coefficient (Wildman–Crippen LogP) is 2.53. The van der Waals surface area contributed by atoms with Gasteiger partial charge in [-0.3, -0.25) is 4.79 Å². The van der Waals surface area contributed by atoms with E-state index in [1.807, 2.05) is 19.1 Å². The van der Waals surface area contributed by atoms with Gasteiger partial charge in [0.05, 0.1) is 19.3 Å². The van der Waals surface area contributed by atoms with Crippen LogP contribution in [0.25, 0.3) is 0 Å². The molecule has 1 atom stereocenters. The molecule has 2 aliphatic rings. The molecular weight excluding hydrogens is 326 g/mol. The van der Waals surface area contributed by atoms with E-state index < -0.39 is 0 Å². The van der Waals surface area contributed by atoms with Gasteiger partial charge in [0.2, 0.25) is 0 Å². The van der Waals surface area contributed by atoms with E-state index in [4.69, 9.17) is 4.74 Å². The number of nitrogens with zero attached hydrogens (tertiary/aromatic N) is 1. The van der Waals surface area contributed by atoms with Gasteiger partial charge < -0.3 is 20.3 Å². The van der Waals surface area contributed by atoms with Crippen LogP contribution in [0.5, 0.6) is 0 Å². The summed E-state index contributed by atoms with van der Waals surface area (Å²) in [5, 5.41) is 5.36. The Kier molecular flexibility index (Phi) is 7.32. The second-order valence-electron chi connectivity index (χ2n) is 7.72. The molecule has 1 aliphatic carbocycles. The van der Waals surface area contributed by atoms with Crippen molar-refractivity contribution in [2.24, 2.45) is 0 Å². The number of hydrogen-bond donors (Lipinski definition) is 2.